The number of ether oxygens (including phenoxy) is 7. The normalized spacial score (nSPS) is 11.5. The summed E-state index contributed by atoms with van der Waals surface area (Å²) in [5, 5.41) is 2.84. The van der Waals surface area contributed by atoms with Gasteiger partial charge in [0.05, 0.1) is 92.5 Å². The van der Waals surface area contributed by atoms with Gasteiger partial charge in [-0.25, -0.2) is 0 Å². The van der Waals surface area contributed by atoms with E-state index >= 15 is 0 Å². The fourth-order valence-electron chi connectivity index (χ4n) is 2.65. The summed E-state index contributed by atoms with van der Waals surface area (Å²) in [5.74, 6) is 0.896. The average Bonchev–Trinajstić information content (AvgIpc) is 2.85. The van der Waals surface area contributed by atoms with Gasteiger partial charge in [-0.1, -0.05) is 27.7 Å². The van der Waals surface area contributed by atoms with E-state index in [0.717, 1.165) is 6.42 Å². The van der Waals surface area contributed by atoms with Gasteiger partial charge in [-0.2, -0.15) is 0 Å². The van der Waals surface area contributed by atoms with Crippen LogP contribution >= 0.6 is 0 Å². The molecular weight excluding hydrogens is 470 g/mol. The molecule has 0 aliphatic carbocycles. The summed E-state index contributed by atoms with van der Waals surface area (Å²) < 4.78 is 37.9. The Kier molecular flexibility index (Phi) is 26.1. The Morgan fingerprint density at radius 2 is 0.889 bits per heavy atom. The molecule has 1 N–H and O–H groups in total. The molecule has 36 heavy (non-hydrogen) atoms. The Hall–Kier alpha value is -1.14. The Bertz CT molecular complexity index is 504. The molecule has 0 aromatic carbocycles. The van der Waals surface area contributed by atoms with Crippen molar-refractivity contribution in [2.24, 2.45) is 11.8 Å². The van der Waals surface area contributed by atoms with Crippen LogP contribution in [0.1, 0.15) is 47.0 Å². The lowest BCUT2D eigenvalue weighted by atomic mass is 10.1. The number of carbonyl (C=O) groups is 2. The van der Waals surface area contributed by atoms with Crippen LogP contribution in [0.15, 0.2) is 0 Å². The first kappa shape index (κ1) is 34.9. The lowest BCUT2D eigenvalue weighted by molar-refractivity contribution is -0.123. The highest BCUT2D eigenvalue weighted by Gasteiger charge is 2.06. The molecule has 0 saturated carbocycles. The molecule has 0 atom stereocenters. The lowest BCUT2D eigenvalue weighted by Gasteiger charge is -2.09. The number of nitrogens with one attached hydrogen (secondary N) is 1. The molecule has 0 bridgehead atoms. The molecule has 0 unspecified atom stereocenters. The maximum atomic E-state index is 11.6. The smallest absolute Gasteiger partial charge is 0.220 e. The molecule has 0 fully saturated rings. The topological polar surface area (TPSA) is 111 Å². The Balaban J connectivity index is 3.12. The third-order valence-corrected chi connectivity index (χ3v) is 4.89. The van der Waals surface area contributed by atoms with E-state index in [4.69, 9.17) is 33.2 Å². The van der Waals surface area contributed by atoms with E-state index in [-0.39, 0.29) is 17.6 Å². The van der Waals surface area contributed by atoms with Gasteiger partial charge in [0.1, 0.15) is 5.78 Å². The Morgan fingerprint density at radius 3 is 1.25 bits per heavy atom. The molecule has 0 saturated heterocycles. The maximum absolute atomic E-state index is 11.6. The van der Waals surface area contributed by atoms with Crippen molar-refractivity contribution in [3.63, 3.8) is 0 Å². The van der Waals surface area contributed by atoms with Crippen molar-refractivity contribution in [1.82, 2.24) is 5.32 Å². The number of amides is 1. The van der Waals surface area contributed by atoms with Crippen LogP contribution < -0.4 is 5.32 Å². The summed E-state index contributed by atoms with van der Waals surface area (Å²) in [6.45, 7) is 15.4. The molecule has 214 valence electrons. The zero-order valence-electron chi connectivity index (χ0n) is 23.1. The molecule has 0 heterocycles. The summed E-state index contributed by atoms with van der Waals surface area (Å²) in [7, 11) is 0. The second-order valence-corrected chi connectivity index (χ2v) is 8.94. The molecule has 1 amide bonds. The van der Waals surface area contributed by atoms with E-state index in [1.54, 1.807) is 0 Å². The van der Waals surface area contributed by atoms with Gasteiger partial charge in [-0.3, -0.25) is 9.59 Å². The number of ketones is 1. The van der Waals surface area contributed by atoms with Crippen molar-refractivity contribution in [2.75, 3.05) is 99.0 Å². The van der Waals surface area contributed by atoms with Gasteiger partial charge in [0.2, 0.25) is 5.91 Å². The average molecular weight is 522 g/mol. The summed E-state index contributed by atoms with van der Waals surface area (Å²) >= 11 is 0. The predicted octanol–water partition coefficient (Wildman–Crippen LogP) is 2.27. The van der Waals surface area contributed by atoms with Crippen LogP contribution in [-0.4, -0.2) is 111 Å². The first-order valence-corrected chi connectivity index (χ1v) is 13.3. The van der Waals surface area contributed by atoms with E-state index in [1.807, 2.05) is 13.8 Å². The summed E-state index contributed by atoms with van der Waals surface area (Å²) in [6.07, 6.45) is 1.93. The quantitative estimate of drug-likeness (QED) is 0.155. The van der Waals surface area contributed by atoms with Crippen molar-refractivity contribution in [1.29, 1.82) is 0 Å². The molecular formula is C26H51NO9. The molecule has 0 spiro atoms. The Labute approximate surface area is 218 Å². The number of hydrogen-bond acceptors (Lipinski definition) is 9. The van der Waals surface area contributed by atoms with Gasteiger partial charge < -0.3 is 38.5 Å². The highest BCUT2D eigenvalue weighted by Crippen LogP contribution is 2.02. The van der Waals surface area contributed by atoms with Crippen LogP contribution in [0, 0.1) is 11.8 Å². The van der Waals surface area contributed by atoms with Crippen molar-refractivity contribution < 1.29 is 42.7 Å². The standard InChI is InChI=1S/C26H51NO9/c1-23(2)5-6-26(29)27-8-10-31-12-14-33-16-18-35-20-22-36-21-19-34-17-15-32-13-11-30-9-7-25(28)24(3)4/h23-24H,5-22H2,1-4H3,(H,27,29). The van der Waals surface area contributed by atoms with Crippen LogP contribution in [-0.2, 0) is 42.7 Å². The van der Waals surface area contributed by atoms with Gasteiger partial charge in [0.15, 0.2) is 0 Å². The van der Waals surface area contributed by atoms with E-state index in [0.29, 0.717) is 118 Å². The van der Waals surface area contributed by atoms with Gasteiger partial charge in [0.25, 0.3) is 0 Å². The lowest BCUT2D eigenvalue weighted by Crippen LogP contribution is -2.27. The molecule has 10 heteroatoms. The zero-order valence-corrected chi connectivity index (χ0v) is 23.1. The van der Waals surface area contributed by atoms with Crippen LogP contribution in [0.5, 0.6) is 0 Å². The fraction of sp³-hybridized carbons (Fsp3) is 0.923. The van der Waals surface area contributed by atoms with Crippen molar-refractivity contribution in [3.05, 3.63) is 0 Å². The number of Topliss-reactive ketones (excluding diaryl/α,β-unsaturated/α-hetero) is 1. The predicted molar refractivity (Wildman–Crippen MR) is 137 cm³/mol. The SMILES string of the molecule is CC(C)CCC(=O)NCCOCCOCCOCCOCCOCCOCCOCCC(=O)C(C)C. The third kappa shape index (κ3) is 27.4. The highest BCUT2D eigenvalue weighted by molar-refractivity contribution is 5.80. The van der Waals surface area contributed by atoms with Gasteiger partial charge in [-0.15, -0.1) is 0 Å². The number of rotatable bonds is 28. The van der Waals surface area contributed by atoms with Crippen LogP contribution in [0.4, 0.5) is 0 Å². The fourth-order valence-corrected chi connectivity index (χ4v) is 2.65. The minimum absolute atomic E-state index is 0.0629. The second kappa shape index (κ2) is 26.9. The van der Waals surface area contributed by atoms with Gasteiger partial charge in [0, 0.05) is 25.3 Å². The molecule has 0 radical (unpaired) electrons. The van der Waals surface area contributed by atoms with Gasteiger partial charge >= 0.3 is 0 Å². The minimum atomic E-state index is 0.0629. The van der Waals surface area contributed by atoms with Crippen molar-refractivity contribution >= 4 is 11.7 Å². The van der Waals surface area contributed by atoms with E-state index < -0.39 is 0 Å². The number of hydrogen-bond donors (Lipinski definition) is 1. The Morgan fingerprint density at radius 1 is 0.528 bits per heavy atom. The minimum Gasteiger partial charge on any atom is -0.379 e. The molecule has 0 aliphatic heterocycles. The van der Waals surface area contributed by atoms with Crippen LogP contribution in [0.25, 0.3) is 0 Å². The largest absolute Gasteiger partial charge is 0.379 e. The van der Waals surface area contributed by atoms with Crippen molar-refractivity contribution in [3.8, 4) is 0 Å². The van der Waals surface area contributed by atoms with E-state index in [2.05, 4.69) is 19.2 Å². The third-order valence-electron chi connectivity index (χ3n) is 4.89. The summed E-state index contributed by atoms with van der Waals surface area (Å²) in [4.78, 5) is 23.0. The van der Waals surface area contributed by atoms with Crippen molar-refractivity contribution in [2.45, 2.75) is 47.0 Å². The van der Waals surface area contributed by atoms with Gasteiger partial charge in [-0.05, 0) is 12.3 Å². The van der Waals surface area contributed by atoms with E-state index in [9.17, 15) is 9.59 Å². The van der Waals surface area contributed by atoms with Crippen LogP contribution in [0.3, 0.4) is 0 Å². The molecule has 0 rings (SSSR count). The molecule has 0 aromatic heterocycles. The van der Waals surface area contributed by atoms with E-state index in [1.165, 1.54) is 0 Å². The maximum Gasteiger partial charge on any atom is 0.220 e. The monoisotopic (exact) mass is 521 g/mol. The first-order chi connectivity index (χ1) is 17.4. The molecule has 10 nitrogen and oxygen atoms in total. The number of carbonyl (C=O) groups excluding carboxylic acids is 2. The summed E-state index contributed by atoms with van der Waals surface area (Å²) in [5.41, 5.74) is 0. The second-order valence-electron chi connectivity index (χ2n) is 8.94. The highest BCUT2D eigenvalue weighted by atomic mass is 16.6. The molecule has 0 aromatic rings. The van der Waals surface area contributed by atoms with Crippen LogP contribution in [0.2, 0.25) is 0 Å². The first-order valence-electron chi connectivity index (χ1n) is 13.3. The molecule has 0 aliphatic rings. The zero-order chi connectivity index (χ0) is 26.7. The summed E-state index contributed by atoms with van der Waals surface area (Å²) in [6, 6.07) is 0.